The third-order valence-electron chi connectivity index (χ3n) is 3.10. The van der Waals surface area contributed by atoms with Gasteiger partial charge in [0, 0.05) is 22.8 Å². The summed E-state index contributed by atoms with van der Waals surface area (Å²) in [5.41, 5.74) is 3.47. The van der Waals surface area contributed by atoms with Gasteiger partial charge in [-0.15, -0.1) is 11.3 Å². The number of anilines is 1. The monoisotopic (exact) mass is 344 g/mol. The molecule has 0 fully saturated rings. The van der Waals surface area contributed by atoms with Crippen molar-refractivity contribution in [2.45, 2.75) is 13.8 Å². The van der Waals surface area contributed by atoms with Crippen molar-refractivity contribution in [3.8, 4) is 11.1 Å². The largest absolute Gasteiger partial charge is 0.296 e. The zero-order valence-electron chi connectivity index (χ0n) is 12.5. The van der Waals surface area contributed by atoms with Crippen molar-refractivity contribution in [2.75, 3.05) is 5.32 Å². The van der Waals surface area contributed by atoms with Gasteiger partial charge in [0.15, 0.2) is 5.13 Å². The average Bonchev–Trinajstić information content (AvgIpc) is 2.92. The van der Waals surface area contributed by atoms with Crippen molar-refractivity contribution >= 4 is 34.0 Å². The first-order chi connectivity index (χ1) is 11.0. The molecule has 0 spiro atoms. The van der Waals surface area contributed by atoms with Gasteiger partial charge in [-0.1, -0.05) is 11.6 Å². The van der Waals surface area contributed by atoms with Crippen LogP contribution in [0.5, 0.6) is 0 Å². The number of rotatable bonds is 3. The molecule has 3 aromatic heterocycles. The Labute approximate surface area is 142 Å². The lowest BCUT2D eigenvalue weighted by Gasteiger charge is -2.08. The van der Waals surface area contributed by atoms with Gasteiger partial charge in [-0.2, -0.15) is 0 Å². The molecule has 1 N–H and O–H groups in total. The van der Waals surface area contributed by atoms with Crippen LogP contribution in [-0.2, 0) is 0 Å². The predicted octanol–water partition coefficient (Wildman–Crippen LogP) is 4.12. The number of hydrogen-bond donors (Lipinski definition) is 1. The van der Waals surface area contributed by atoms with Gasteiger partial charge in [0.05, 0.1) is 5.69 Å². The highest BCUT2D eigenvalue weighted by Crippen LogP contribution is 2.27. The van der Waals surface area contributed by atoms with Crippen molar-refractivity contribution in [3.63, 3.8) is 0 Å². The molecule has 0 saturated carbocycles. The third kappa shape index (κ3) is 3.55. The van der Waals surface area contributed by atoms with Gasteiger partial charge < -0.3 is 0 Å². The standard InChI is InChI=1S/C16H13ClN4OS/c1-9-6-11(12-4-3-5-18-14(12)17)7-13(19-9)15(22)21-16-20-10(2)8-23-16/h3-8H,1-2H3,(H,20,21,22). The second kappa shape index (κ2) is 6.44. The van der Waals surface area contributed by atoms with Crippen LogP contribution in [0.3, 0.4) is 0 Å². The lowest BCUT2D eigenvalue weighted by Crippen LogP contribution is -2.14. The Morgan fingerprint density at radius 2 is 2.04 bits per heavy atom. The average molecular weight is 345 g/mol. The highest BCUT2D eigenvalue weighted by molar-refractivity contribution is 7.13. The minimum absolute atomic E-state index is 0.302. The molecule has 3 heterocycles. The smallest absolute Gasteiger partial charge is 0.276 e. The fourth-order valence-corrected chi connectivity index (χ4v) is 3.03. The Morgan fingerprint density at radius 3 is 2.74 bits per heavy atom. The highest BCUT2D eigenvalue weighted by atomic mass is 35.5. The topological polar surface area (TPSA) is 67.8 Å². The maximum absolute atomic E-state index is 12.4. The number of carbonyl (C=O) groups excluding carboxylic acids is 1. The van der Waals surface area contributed by atoms with Crippen LogP contribution >= 0.6 is 22.9 Å². The van der Waals surface area contributed by atoms with Gasteiger partial charge in [0.2, 0.25) is 0 Å². The Morgan fingerprint density at radius 1 is 1.22 bits per heavy atom. The van der Waals surface area contributed by atoms with E-state index in [0.29, 0.717) is 16.0 Å². The van der Waals surface area contributed by atoms with Crippen LogP contribution in [0.2, 0.25) is 5.15 Å². The van der Waals surface area contributed by atoms with E-state index in [9.17, 15) is 4.79 Å². The molecule has 7 heteroatoms. The van der Waals surface area contributed by atoms with E-state index in [-0.39, 0.29) is 5.91 Å². The summed E-state index contributed by atoms with van der Waals surface area (Å²) in [6.45, 7) is 3.71. The lowest BCUT2D eigenvalue weighted by atomic mass is 10.1. The molecule has 0 saturated heterocycles. The van der Waals surface area contributed by atoms with E-state index in [4.69, 9.17) is 11.6 Å². The van der Waals surface area contributed by atoms with Crippen LogP contribution in [0.1, 0.15) is 21.9 Å². The molecule has 3 aromatic rings. The molecule has 0 aliphatic carbocycles. The van der Waals surface area contributed by atoms with Crippen molar-refractivity contribution in [2.24, 2.45) is 0 Å². The molecule has 0 aliphatic rings. The number of halogens is 1. The van der Waals surface area contributed by atoms with E-state index in [1.54, 1.807) is 18.3 Å². The van der Waals surface area contributed by atoms with Crippen LogP contribution in [0.4, 0.5) is 5.13 Å². The number of amides is 1. The summed E-state index contributed by atoms with van der Waals surface area (Å²) in [6, 6.07) is 7.23. The maximum atomic E-state index is 12.4. The van der Waals surface area contributed by atoms with Crippen LogP contribution in [0, 0.1) is 13.8 Å². The number of hydrogen-bond acceptors (Lipinski definition) is 5. The summed E-state index contributed by atoms with van der Waals surface area (Å²) < 4.78 is 0. The number of pyridine rings is 2. The quantitative estimate of drug-likeness (QED) is 0.725. The molecule has 0 atom stereocenters. The van der Waals surface area contributed by atoms with E-state index in [2.05, 4.69) is 20.3 Å². The predicted molar refractivity (Wildman–Crippen MR) is 92.0 cm³/mol. The third-order valence-corrected chi connectivity index (χ3v) is 4.27. The highest BCUT2D eigenvalue weighted by Gasteiger charge is 2.13. The second-order valence-corrected chi connectivity index (χ2v) is 6.19. The lowest BCUT2D eigenvalue weighted by molar-refractivity contribution is 0.102. The molecule has 0 radical (unpaired) electrons. The molecular formula is C16H13ClN4OS. The number of aryl methyl sites for hydroxylation is 2. The number of carbonyl (C=O) groups is 1. The molecule has 0 bridgehead atoms. The second-order valence-electron chi connectivity index (χ2n) is 4.97. The van der Waals surface area contributed by atoms with Gasteiger partial charge in [0.25, 0.3) is 5.91 Å². The van der Waals surface area contributed by atoms with Crippen molar-refractivity contribution < 1.29 is 4.79 Å². The summed E-state index contributed by atoms with van der Waals surface area (Å²) in [5, 5.41) is 5.57. The summed E-state index contributed by atoms with van der Waals surface area (Å²) in [5.74, 6) is -0.302. The minimum Gasteiger partial charge on any atom is -0.296 e. The van der Waals surface area contributed by atoms with Crippen LogP contribution in [0.25, 0.3) is 11.1 Å². The molecule has 23 heavy (non-hydrogen) atoms. The summed E-state index contributed by atoms with van der Waals surface area (Å²) in [7, 11) is 0. The van der Waals surface area contributed by atoms with E-state index in [1.165, 1.54) is 11.3 Å². The Kier molecular flexibility index (Phi) is 4.36. The molecule has 5 nitrogen and oxygen atoms in total. The summed E-state index contributed by atoms with van der Waals surface area (Å²) >= 11 is 7.51. The zero-order valence-corrected chi connectivity index (χ0v) is 14.1. The van der Waals surface area contributed by atoms with Crippen LogP contribution < -0.4 is 5.32 Å². The van der Waals surface area contributed by atoms with E-state index < -0.39 is 0 Å². The van der Waals surface area contributed by atoms with Gasteiger partial charge in [0.1, 0.15) is 10.8 Å². The first kappa shape index (κ1) is 15.6. The minimum atomic E-state index is -0.302. The van der Waals surface area contributed by atoms with Crippen LogP contribution in [0.15, 0.2) is 35.8 Å². The van der Waals surface area contributed by atoms with Crippen molar-refractivity contribution in [1.82, 2.24) is 15.0 Å². The normalized spacial score (nSPS) is 10.6. The molecule has 0 aromatic carbocycles. The molecule has 1 amide bonds. The number of aromatic nitrogens is 3. The van der Waals surface area contributed by atoms with E-state index in [1.807, 2.05) is 31.4 Å². The maximum Gasteiger partial charge on any atom is 0.276 e. The summed E-state index contributed by atoms with van der Waals surface area (Å²) in [4.78, 5) is 25.0. The van der Waals surface area contributed by atoms with Gasteiger partial charge in [-0.3, -0.25) is 10.1 Å². The van der Waals surface area contributed by atoms with Crippen molar-refractivity contribution in [3.05, 3.63) is 58.1 Å². The van der Waals surface area contributed by atoms with Gasteiger partial charge in [-0.25, -0.2) is 15.0 Å². The number of thiazole rings is 1. The van der Waals surface area contributed by atoms with Crippen molar-refractivity contribution in [1.29, 1.82) is 0 Å². The molecular weight excluding hydrogens is 332 g/mol. The molecule has 116 valence electrons. The number of nitrogens with one attached hydrogen (secondary N) is 1. The summed E-state index contributed by atoms with van der Waals surface area (Å²) in [6.07, 6.45) is 1.62. The zero-order chi connectivity index (χ0) is 16.4. The molecule has 0 unspecified atom stereocenters. The first-order valence-electron chi connectivity index (χ1n) is 6.86. The van der Waals surface area contributed by atoms with Crippen LogP contribution in [-0.4, -0.2) is 20.9 Å². The SMILES string of the molecule is Cc1cc(-c2cccnc2Cl)cc(C(=O)Nc2nc(C)cs2)n1. The fourth-order valence-electron chi connectivity index (χ4n) is 2.11. The molecule has 0 aliphatic heterocycles. The van der Waals surface area contributed by atoms with Gasteiger partial charge >= 0.3 is 0 Å². The molecule has 3 rings (SSSR count). The Bertz CT molecular complexity index is 878. The van der Waals surface area contributed by atoms with E-state index >= 15 is 0 Å². The van der Waals surface area contributed by atoms with Gasteiger partial charge in [-0.05, 0) is 43.7 Å². The van der Waals surface area contributed by atoms with E-state index in [0.717, 1.165) is 22.5 Å². The fraction of sp³-hybridized carbons (Fsp3) is 0.125. The number of nitrogens with zero attached hydrogens (tertiary/aromatic N) is 3. The first-order valence-corrected chi connectivity index (χ1v) is 8.12. The Hall–Kier alpha value is -2.31. The Balaban J connectivity index is 1.94.